The van der Waals surface area contributed by atoms with Gasteiger partial charge in [0, 0.05) is 73.8 Å². The van der Waals surface area contributed by atoms with Crippen LogP contribution < -0.4 is 9.64 Å². The van der Waals surface area contributed by atoms with E-state index >= 15 is 0 Å². The van der Waals surface area contributed by atoms with E-state index in [9.17, 15) is 9.90 Å². The first-order valence-electron chi connectivity index (χ1n) is 16.0. The normalized spacial score (nSPS) is 18.8. The highest BCUT2D eigenvalue weighted by molar-refractivity contribution is 7.21. The quantitative estimate of drug-likeness (QED) is 0.214. The van der Waals surface area contributed by atoms with Gasteiger partial charge < -0.3 is 24.4 Å². The van der Waals surface area contributed by atoms with Crippen LogP contribution in [0.15, 0.2) is 78.9 Å². The molecule has 234 valence electrons. The number of phenolic OH excluding ortho intramolecular Hbond substituents is 1. The van der Waals surface area contributed by atoms with E-state index in [1.807, 2.05) is 53.4 Å². The number of aromatic nitrogens is 1. The van der Waals surface area contributed by atoms with Crippen molar-refractivity contribution >= 4 is 33.1 Å². The van der Waals surface area contributed by atoms with E-state index < -0.39 is 5.54 Å². The second-order valence-corrected chi connectivity index (χ2v) is 13.0. The molecule has 4 heterocycles. The molecule has 0 radical (unpaired) electrons. The van der Waals surface area contributed by atoms with Crippen LogP contribution in [-0.4, -0.2) is 78.3 Å². The van der Waals surface area contributed by atoms with Gasteiger partial charge in [0.05, 0.1) is 29.0 Å². The Morgan fingerprint density at radius 3 is 2.43 bits per heavy atom. The van der Waals surface area contributed by atoms with Crippen molar-refractivity contribution in [3.8, 4) is 27.8 Å². The van der Waals surface area contributed by atoms with Crippen molar-refractivity contribution in [1.82, 2.24) is 14.8 Å². The number of carbonyl (C=O) groups excluding carboxylic acids is 1. The van der Waals surface area contributed by atoms with E-state index in [4.69, 9.17) is 14.5 Å². The van der Waals surface area contributed by atoms with Crippen LogP contribution in [0.3, 0.4) is 0 Å². The van der Waals surface area contributed by atoms with E-state index in [1.165, 1.54) is 0 Å². The Bertz CT molecular complexity index is 1930. The zero-order chi connectivity index (χ0) is 31.4. The number of benzene rings is 4. The maximum absolute atomic E-state index is 14.5. The average Bonchev–Trinajstić information content (AvgIpc) is 3.62. The summed E-state index contributed by atoms with van der Waals surface area (Å²) in [5, 5.41) is 12.2. The van der Waals surface area contributed by atoms with Gasteiger partial charge in [0.15, 0.2) is 0 Å². The maximum Gasteiger partial charge on any atom is 0.255 e. The van der Waals surface area contributed by atoms with Gasteiger partial charge in [0.2, 0.25) is 0 Å². The molecule has 8 rings (SSSR count). The lowest BCUT2D eigenvalue weighted by Gasteiger charge is -2.45. The number of aromatic hydroxyl groups is 1. The topological polar surface area (TPSA) is 78.4 Å². The molecule has 3 aliphatic heterocycles. The summed E-state index contributed by atoms with van der Waals surface area (Å²) < 4.78 is 13.4. The van der Waals surface area contributed by atoms with E-state index in [-0.39, 0.29) is 11.7 Å². The Morgan fingerprint density at radius 2 is 1.63 bits per heavy atom. The zero-order valence-corrected chi connectivity index (χ0v) is 26.8. The summed E-state index contributed by atoms with van der Waals surface area (Å²) in [6.07, 6.45) is 0. The van der Waals surface area contributed by atoms with Gasteiger partial charge in [-0.1, -0.05) is 36.4 Å². The molecule has 8 nitrogen and oxygen atoms in total. The van der Waals surface area contributed by atoms with Crippen molar-refractivity contribution in [1.29, 1.82) is 0 Å². The highest BCUT2D eigenvalue weighted by atomic mass is 32.1. The number of carbonyl (C=O) groups is 1. The highest BCUT2D eigenvalue weighted by Crippen LogP contribution is 2.59. The van der Waals surface area contributed by atoms with Crippen molar-refractivity contribution in [3.05, 3.63) is 101 Å². The average molecular weight is 633 g/mol. The lowest BCUT2D eigenvalue weighted by Crippen LogP contribution is -2.51. The fraction of sp³-hybridized carbons (Fsp3) is 0.297. The predicted octanol–water partition coefficient (Wildman–Crippen LogP) is 6.70. The summed E-state index contributed by atoms with van der Waals surface area (Å²) in [7, 11) is 0. The Kier molecular flexibility index (Phi) is 7.20. The van der Waals surface area contributed by atoms with Crippen molar-refractivity contribution < 1.29 is 19.4 Å². The van der Waals surface area contributed by atoms with Crippen LogP contribution in [0, 0.1) is 0 Å². The number of hydrogen-bond acceptors (Lipinski definition) is 8. The third-order valence-corrected chi connectivity index (χ3v) is 10.7. The number of hydrogen-bond donors (Lipinski definition) is 1. The molecule has 1 amide bonds. The summed E-state index contributed by atoms with van der Waals surface area (Å²) in [5.41, 5.74) is 4.93. The summed E-state index contributed by atoms with van der Waals surface area (Å²) in [6.45, 7) is 10.3. The van der Waals surface area contributed by atoms with Crippen molar-refractivity contribution in [2.75, 3.05) is 57.4 Å². The molecule has 1 spiro atoms. The fourth-order valence-electron chi connectivity index (χ4n) is 7.38. The minimum atomic E-state index is -0.968. The summed E-state index contributed by atoms with van der Waals surface area (Å²) >= 11 is 1.54. The van der Waals surface area contributed by atoms with Gasteiger partial charge in [-0.2, -0.15) is 0 Å². The van der Waals surface area contributed by atoms with Crippen molar-refractivity contribution in [2.45, 2.75) is 19.4 Å². The first kappa shape index (κ1) is 29.0. The molecule has 5 aromatic rings. The van der Waals surface area contributed by atoms with Gasteiger partial charge in [-0.25, -0.2) is 4.98 Å². The number of nitrogens with zero attached hydrogens (tertiary/aromatic N) is 4. The third-order valence-electron chi connectivity index (χ3n) is 9.66. The Labute approximate surface area is 272 Å². The molecule has 0 aliphatic carbocycles. The molecule has 9 heteroatoms. The molecule has 3 aliphatic rings. The molecule has 4 aromatic carbocycles. The van der Waals surface area contributed by atoms with Crippen LogP contribution in [0.5, 0.6) is 17.2 Å². The van der Waals surface area contributed by atoms with E-state index in [0.29, 0.717) is 42.4 Å². The number of rotatable bonds is 7. The minimum Gasteiger partial charge on any atom is -0.507 e. The molecule has 1 atom stereocenters. The molecule has 1 aromatic heterocycles. The van der Waals surface area contributed by atoms with Crippen molar-refractivity contribution in [2.24, 2.45) is 0 Å². The van der Waals surface area contributed by atoms with Gasteiger partial charge in [0.1, 0.15) is 27.8 Å². The maximum atomic E-state index is 14.5. The van der Waals surface area contributed by atoms with Crippen LogP contribution in [0.2, 0.25) is 0 Å². The first-order chi connectivity index (χ1) is 22.5. The zero-order valence-electron chi connectivity index (χ0n) is 26.0. The summed E-state index contributed by atoms with van der Waals surface area (Å²) in [5.74, 6) is 1.30. The third kappa shape index (κ3) is 4.40. The highest BCUT2D eigenvalue weighted by Gasteiger charge is 2.56. The molecule has 0 saturated carbocycles. The SMILES string of the molecule is CCN(CC)c1ccc2c(c1)Oc1cc(O)c(-c3nc4ccccc4s3)cc1C21c2ccccc2C(=O)N1CCN1CCOCC1. The minimum absolute atomic E-state index is 0.00918. The standard InChI is InChI=1S/C37H36N4O4S/c1-3-40(4-2)24-13-14-28-32(21-24)45-33-23-31(42)26(35-38-30-11-7-8-12-34(30)46-35)22-29(33)37(28)27-10-6-5-9-25(27)36(43)41(37)16-15-39-17-19-44-20-18-39/h5-14,21-23,42H,3-4,15-20H2,1-2H3. The second-order valence-electron chi connectivity index (χ2n) is 12.0. The number of thiazole rings is 1. The predicted molar refractivity (Wildman–Crippen MR) is 181 cm³/mol. The smallest absolute Gasteiger partial charge is 0.255 e. The fourth-order valence-corrected chi connectivity index (χ4v) is 8.37. The van der Waals surface area contributed by atoms with Gasteiger partial charge in [-0.3, -0.25) is 9.69 Å². The molecule has 1 N–H and O–H groups in total. The van der Waals surface area contributed by atoms with E-state index in [2.05, 4.69) is 47.9 Å². The van der Waals surface area contributed by atoms with Crippen LogP contribution in [0.25, 0.3) is 20.8 Å². The Balaban J connectivity index is 1.37. The van der Waals surface area contributed by atoms with Crippen LogP contribution in [0.4, 0.5) is 5.69 Å². The number of ether oxygens (including phenoxy) is 2. The molecule has 1 unspecified atom stereocenters. The Hall–Kier alpha value is -4.44. The molecule has 1 fully saturated rings. The number of amides is 1. The van der Waals surface area contributed by atoms with Gasteiger partial charge >= 0.3 is 0 Å². The van der Waals surface area contributed by atoms with Gasteiger partial charge in [0.25, 0.3) is 5.91 Å². The number of fused-ring (bicyclic) bond motifs is 7. The summed E-state index contributed by atoms with van der Waals surface area (Å²) in [4.78, 5) is 26.1. The molecule has 0 bridgehead atoms. The monoisotopic (exact) mass is 632 g/mol. The van der Waals surface area contributed by atoms with E-state index in [0.717, 1.165) is 70.3 Å². The largest absolute Gasteiger partial charge is 0.507 e. The second kappa shape index (κ2) is 11.4. The number of morpholine rings is 1. The Morgan fingerprint density at radius 1 is 0.870 bits per heavy atom. The number of anilines is 1. The van der Waals surface area contributed by atoms with Crippen LogP contribution >= 0.6 is 11.3 Å². The molecular weight excluding hydrogens is 596 g/mol. The summed E-state index contributed by atoms with van der Waals surface area (Å²) in [6, 6.07) is 26.0. The number of phenols is 1. The van der Waals surface area contributed by atoms with E-state index in [1.54, 1.807) is 17.4 Å². The lowest BCUT2D eigenvalue weighted by atomic mass is 9.74. The molecular formula is C37H36N4O4S. The molecule has 1 saturated heterocycles. The first-order valence-corrected chi connectivity index (χ1v) is 16.9. The van der Waals surface area contributed by atoms with Crippen molar-refractivity contribution in [3.63, 3.8) is 0 Å². The van der Waals surface area contributed by atoms with Crippen LogP contribution in [0.1, 0.15) is 40.9 Å². The number of para-hydroxylation sites is 1. The van der Waals surface area contributed by atoms with Gasteiger partial charge in [-0.15, -0.1) is 11.3 Å². The van der Waals surface area contributed by atoms with Gasteiger partial charge in [-0.05, 0) is 49.7 Å². The lowest BCUT2D eigenvalue weighted by molar-refractivity contribution is 0.0283. The van der Waals surface area contributed by atoms with Crippen LogP contribution in [-0.2, 0) is 10.3 Å². The molecule has 46 heavy (non-hydrogen) atoms.